The van der Waals surface area contributed by atoms with Crippen LogP contribution in [0.3, 0.4) is 0 Å². The van der Waals surface area contributed by atoms with Gasteiger partial charge in [0, 0.05) is 49.9 Å². The summed E-state index contributed by atoms with van der Waals surface area (Å²) in [5.74, 6) is -1.38. The van der Waals surface area contributed by atoms with Gasteiger partial charge >= 0.3 is 6.43 Å². The highest BCUT2D eigenvalue weighted by atomic mass is 19.3. The van der Waals surface area contributed by atoms with Crippen LogP contribution in [-0.2, 0) is 11.3 Å². The predicted octanol–water partition coefficient (Wildman–Crippen LogP) is 5.26. The van der Waals surface area contributed by atoms with Crippen LogP contribution in [0.25, 0.3) is 22.6 Å². The molecule has 0 spiro atoms. The minimum absolute atomic E-state index is 0.0441. The monoisotopic (exact) mass is 553 g/mol. The summed E-state index contributed by atoms with van der Waals surface area (Å²) in [6, 6.07) is 9.57. The van der Waals surface area contributed by atoms with E-state index in [1.54, 1.807) is 61.7 Å². The Morgan fingerprint density at radius 2 is 1.82 bits per heavy atom. The molecule has 4 aromatic rings. The van der Waals surface area contributed by atoms with Crippen LogP contribution in [0.1, 0.15) is 37.3 Å². The van der Waals surface area contributed by atoms with E-state index in [4.69, 9.17) is 4.42 Å². The van der Waals surface area contributed by atoms with Crippen LogP contribution in [0.5, 0.6) is 0 Å². The third-order valence-electron chi connectivity index (χ3n) is 6.19. The summed E-state index contributed by atoms with van der Waals surface area (Å²) in [5, 5.41) is 10.2. The van der Waals surface area contributed by atoms with Crippen LogP contribution >= 0.6 is 0 Å². The molecule has 0 atom stereocenters. The van der Waals surface area contributed by atoms with Crippen LogP contribution < -0.4 is 15.1 Å². The Labute approximate surface area is 230 Å². The lowest BCUT2D eigenvalue weighted by molar-refractivity contribution is -0.107. The van der Waals surface area contributed by atoms with Gasteiger partial charge in [-0.25, -0.2) is 4.39 Å². The number of alkyl halides is 2. The van der Waals surface area contributed by atoms with E-state index in [9.17, 15) is 13.6 Å². The average molecular weight is 554 g/mol. The maximum atomic E-state index is 15.0. The van der Waals surface area contributed by atoms with Crippen molar-refractivity contribution in [2.75, 3.05) is 37.0 Å². The molecule has 210 valence electrons. The van der Waals surface area contributed by atoms with Crippen LogP contribution in [0.4, 0.5) is 24.5 Å². The molecular weight excluding hydrogens is 523 g/mol. The topological polar surface area (TPSA) is 100 Å². The van der Waals surface area contributed by atoms with E-state index >= 15 is 4.39 Å². The number of hydrogen-bond acceptors (Lipinski definition) is 8. The predicted molar refractivity (Wildman–Crippen MR) is 145 cm³/mol. The Hall–Kier alpha value is -4.32. The number of piperidine rings is 1. The number of halogens is 3. The van der Waals surface area contributed by atoms with E-state index in [2.05, 4.69) is 25.5 Å². The number of hydrogen-bond donors (Lipinski definition) is 1. The average Bonchev–Trinajstić information content (AvgIpc) is 3.49. The molecule has 0 saturated carbocycles. The zero-order chi connectivity index (χ0) is 28.5. The van der Waals surface area contributed by atoms with E-state index in [1.165, 1.54) is 49.5 Å². The number of amides is 1. The molecule has 0 unspecified atom stereocenters. The van der Waals surface area contributed by atoms with Gasteiger partial charge in [-0.1, -0.05) is 12.5 Å². The number of pyridine rings is 2. The Kier molecular flexibility index (Phi) is 9.79. The smallest absolute Gasteiger partial charge is 0.314 e. The summed E-state index contributed by atoms with van der Waals surface area (Å²) < 4.78 is 45.3. The zero-order valence-corrected chi connectivity index (χ0v) is 22.2. The molecule has 1 N–H and O–H groups in total. The molecule has 3 aromatic heterocycles. The van der Waals surface area contributed by atoms with Gasteiger partial charge in [-0.3, -0.25) is 14.8 Å². The third kappa shape index (κ3) is 7.20. The number of nitrogens with zero attached hydrogens (tertiary/aromatic N) is 6. The molecular formula is C28H30F3N7O2. The number of carbonyl (C=O) groups excluding carboxylic acids is 1. The molecule has 5 rings (SSSR count). The highest BCUT2D eigenvalue weighted by Crippen LogP contribution is 2.35. The lowest BCUT2D eigenvalue weighted by Gasteiger charge is -2.25. The van der Waals surface area contributed by atoms with E-state index in [0.717, 1.165) is 0 Å². The summed E-state index contributed by atoms with van der Waals surface area (Å²) in [6.07, 6.45) is 6.48. The molecule has 0 aliphatic carbocycles. The second-order valence-corrected chi connectivity index (χ2v) is 9.29. The Morgan fingerprint density at radius 1 is 1.02 bits per heavy atom. The number of nitrogens with one attached hydrogen (secondary N) is 1. The van der Waals surface area contributed by atoms with Crippen molar-refractivity contribution < 1.29 is 22.4 Å². The molecule has 9 nitrogen and oxygen atoms in total. The number of anilines is 2. The molecule has 1 saturated heterocycles. The Balaban J connectivity index is 0.000000546. The van der Waals surface area contributed by atoms with Crippen molar-refractivity contribution in [1.29, 1.82) is 0 Å². The maximum Gasteiger partial charge on any atom is 0.314 e. The highest BCUT2D eigenvalue weighted by Gasteiger charge is 2.20. The molecule has 1 amide bonds. The molecule has 1 aliphatic rings. The minimum Gasteiger partial charge on any atom is -0.415 e. The lowest BCUT2D eigenvalue weighted by atomic mass is 10.0. The van der Waals surface area contributed by atoms with E-state index in [1.807, 2.05) is 0 Å². The molecule has 0 radical (unpaired) electrons. The van der Waals surface area contributed by atoms with Crippen molar-refractivity contribution in [3.63, 3.8) is 0 Å². The molecule has 12 heteroatoms. The van der Waals surface area contributed by atoms with Crippen molar-refractivity contribution in [1.82, 2.24) is 25.5 Å². The van der Waals surface area contributed by atoms with Crippen molar-refractivity contribution in [3.8, 4) is 22.6 Å². The summed E-state index contributed by atoms with van der Waals surface area (Å²) >= 11 is 0. The first-order valence-corrected chi connectivity index (χ1v) is 12.8. The van der Waals surface area contributed by atoms with E-state index < -0.39 is 18.1 Å². The fourth-order valence-electron chi connectivity index (χ4n) is 4.12. The van der Waals surface area contributed by atoms with Gasteiger partial charge in [0.25, 0.3) is 5.89 Å². The molecule has 4 heterocycles. The lowest BCUT2D eigenvalue weighted by Crippen LogP contribution is -2.24. The van der Waals surface area contributed by atoms with Gasteiger partial charge in [0.1, 0.15) is 5.82 Å². The summed E-state index contributed by atoms with van der Waals surface area (Å²) in [7, 11) is 3.58. The molecule has 1 aromatic carbocycles. The largest absolute Gasteiger partial charge is 0.415 e. The molecule has 1 aliphatic heterocycles. The Bertz CT molecular complexity index is 1370. The number of rotatable bonds is 8. The van der Waals surface area contributed by atoms with Gasteiger partial charge < -0.3 is 19.5 Å². The van der Waals surface area contributed by atoms with Crippen LogP contribution in [0.2, 0.25) is 0 Å². The van der Waals surface area contributed by atoms with Gasteiger partial charge in [0.2, 0.25) is 12.3 Å². The molecule has 1 fully saturated rings. The van der Waals surface area contributed by atoms with Crippen LogP contribution in [-0.4, -0.2) is 53.8 Å². The fourth-order valence-corrected chi connectivity index (χ4v) is 4.12. The standard InChI is InChI=1S/C23H19F3N6O2.C5H11N/c1-31(2)19-8-17(14-4-3-7-27-10-14)18(24)9-20(19)32(13-33)12-16-6-5-15(11-28-16)22-29-30-23(34-22)21(25)26;1-2-4-6-5-3-1/h3-11,13,21H,12H2,1-2H3;6H,1-5H2. The van der Waals surface area contributed by atoms with E-state index in [0.29, 0.717) is 40.2 Å². The summed E-state index contributed by atoms with van der Waals surface area (Å²) in [5.41, 5.74) is 2.77. The van der Waals surface area contributed by atoms with Gasteiger partial charge in [-0.2, -0.15) is 8.78 Å². The van der Waals surface area contributed by atoms with Crippen molar-refractivity contribution in [2.45, 2.75) is 32.2 Å². The normalized spacial score (nSPS) is 12.9. The van der Waals surface area contributed by atoms with Crippen LogP contribution in [0, 0.1) is 5.82 Å². The SMILES string of the molecule is C1CCNCC1.CN(C)c1cc(-c2cccnc2)c(F)cc1N(C=O)Cc1ccc(-c2nnc(C(F)F)o2)cn1. The number of aromatic nitrogens is 4. The second kappa shape index (κ2) is 13.7. The van der Waals surface area contributed by atoms with Crippen molar-refractivity contribution >= 4 is 17.8 Å². The van der Waals surface area contributed by atoms with Gasteiger partial charge in [-0.15, -0.1) is 10.2 Å². The second-order valence-electron chi connectivity index (χ2n) is 9.29. The minimum atomic E-state index is -2.87. The quantitative estimate of drug-likeness (QED) is 0.295. The molecule has 0 bridgehead atoms. The van der Waals surface area contributed by atoms with Gasteiger partial charge in [0.05, 0.1) is 29.2 Å². The molecule has 40 heavy (non-hydrogen) atoms. The van der Waals surface area contributed by atoms with Crippen molar-refractivity contribution in [3.05, 3.63) is 72.4 Å². The summed E-state index contributed by atoms with van der Waals surface area (Å²) in [6.45, 7) is 2.54. The summed E-state index contributed by atoms with van der Waals surface area (Å²) in [4.78, 5) is 23.3. The Morgan fingerprint density at radius 3 is 2.35 bits per heavy atom. The fraction of sp³-hybridized carbons (Fsp3) is 0.321. The first-order chi connectivity index (χ1) is 19.4. The number of benzene rings is 1. The van der Waals surface area contributed by atoms with E-state index in [-0.39, 0.29) is 12.4 Å². The van der Waals surface area contributed by atoms with Gasteiger partial charge in [-0.05, 0) is 50.2 Å². The van der Waals surface area contributed by atoms with Gasteiger partial charge in [0.15, 0.2) is 0 Å². The number of carbonyl (C=O) groups is 1. The maximum absolute atomic E-state index is 15.0. The van der Waals surface area contributed by atoms with Crippen molar-refractivity contribution in [2.24, 2.45) is 0 Å². The first kappa shape index (κ1) is 28.7. The zero-order valence-electron chi connectivity index (χ0n) is 22.2. The third-order valence-corrected chi connectivity index (χ3v) is 6.19. The van der Waals surface area contributed by atoms with Crippen LogP contribution in [0.15, 0.2) is 59.4 Å². The highest BCUT2D eigenvalue weighted by molar-refractivity contribution is 5.87. The first-order valence-electron chi connectivity index (χ1n) is 12.8.